The van der Waals surface area contributed by atoms with Gasteiger partial charge in [0.15, 0.2) is 0 Å². The maximum Gasteiger partial charge on any atom is 0.123 e. The van der Waals surface area contributed by atoms with Gasteiger partial charge in [-0.1, -0.05) is 18.6 Å². The molecule has 3 heteroatoms. The van der Waals surface area contributed by atoms with Crippen molar-refractivity contribution < 1.29 is 9.50 Å². The second-order valence-corrected chi connectivity index (χ2v) is 5.76. The minimum absolute atomic E-state index is 0.286. The zero-order valence-corrected chi connectivity index (χ0v) is 10.5. The van der Waals surface area contributed by atoms with Crippen molar-refractivity contribution in [1.82, 2.24) is 5.32 Å². The predicted octanol–water partition coefficient (Wildman–Crippen LogP) is 2.64. The van der Waals surface area contributed by atoms with Gasteiger partial charge in [-0.2, -0.15) is 0 Å². The number of rotatable bonds is 4. The number of nitrogens with one attached hydrogen (secondary N) is 1. The molecule has 18 heavy (non-hydrogen) atoms. The highest BCUT2D eigenvalue weighted by atomic mass is 19.1. The van der Waals surface area contributed by atoms with Crippen LogP contribution < -0.4 is 5.32 Å². The molecule has 0 amide bonds. The van der Waals surface area contributed by atoms with E-state index < -0.39 is 6.10 Å². The molecule has 3 rings (SSSR count). The molecule has 4 unspecified atom stereocenters. The lowest BCUT2D eigenvalue weighted by molar-refractivity contribution is 0.163. The molecule has 0 aliphatic heterocycles. The summed E-state index contributed by atoms with van der Waals surface area (Å²) in [6.45, 7) is 0.525. The summed E-state index contributed by atoms with van der Waals surface area (Å²) in [6, 6.07) is 6.79. The Bertz CT molecular complexity index is 423. The molecule has 0 heterocycles. The van der Waals surface area contributed by atoms with E-state index in [1.807, 2.05) is 0 Å². The lowest BCUT2D eigenvalue weighted by Crippen LogP contribution is -2.36. The van der Waals surface area contributed by atoms with Crippen LogP contribution in [-0.2, 0) is 0 Å². The minimum atomic E-state index is -0.611. The molecule has 2 nitrogen and oxygen atoms in total. The second-order valence-electron chi connectivity index (χ2n) is 5.76. The Balaban J connectivity index is 1.54. The first-order valence-electron chi connectivity index (χ1n) is 6.89. The molecule has 1 aromatic rings. The molecule has 98 valence electrons. The summed E-state index contributed by atoms with van der Waals surface area (Å²) in [4.78, 5) is 0. The van der Waals surface area contributed by atoms with E-state index in [0.717, 1.165) is 11.8 Å². The summed E-state index contributed by atoms with van der Waals surface area (Å²) in [5.41, 5.74) is 0.658. The van der Waals surface area contributed by atoms with Gasteiger partial charge in [-0.25, -0.2) is 4.39 Å². The molecule has 2 N–H and O–H groups in total. The normalized spacial score (nSPS) is 31.8. The quantitative estimate of drug-likeness (QED) is 0.859. The Kier molecular flexibility index (Phi) is 3.35. The van der Waals surface area contributed by atoms with Gasteiger partial charge >= 0.3 is 0 Å². The molecule has 1 aromatic carbocycles. The first kappa shape index (κ1) is 12.1. The van der Waals surface area contributed by atoms with Gasteiger partial charge in [0.2, 0.25) is 0 Å². The molecule has 2 aliphatic carbocycles. The predicted molar refractivity (Wildman–Crippen MR) is 68.6 cm³/mol. The number of aliphatic hydroxyl groups is 1. The van der Waals surface area contributed by atoms with Crippen molar-refractivity contribution in [2.75, 3.05) is 6.54 Å². The van der Waals surface area contributed by atoms with Gasteiger partial charge in [0.1, 0.15) is 5.82 Å². The summed E-state index contributed by atoms with van der Waals surface area (Å²) in [5, 5.41) is 13.5. The van der Waals surface area contributed by atoms with E-state index in [9.17, 15) is 9.50 Å². The van der Waals surface area contributed by atoms with E-state index in [1.54, 1.807) is 12.1 Å². The first-order chi connectivity index (χ1) is 8.72. The van der Waals surface area contributed by atoms with Crippen molar-refractivity contribution >= 4 is 0 Å². The Labute approximate surface area is 107 Å². The fourth-order valence-electron chi connectivity index (χ4n) is 3.59. The van der Waals surface area contributed by atoms with Gasteiger partial charge in [-0.15, -0.1) is 0 Å². The molecule has 2 aliphatic rings. The van der Waals surface area contributed by atoms with Crippen LogP contribution in [0.25, 0.3) is 0 Å². The second kappa shape index (κ2) is 4.98. The number of fused-ring (bicyclic) bond motifs is 2. The molecule has 2 fully saturated rings. The molecule has 2 saturated carbocycles. The van der Waals surface area contributed by atoms with Crippen molar-refractivity contribution in [3.05, 3.63) is 35.6 Å². The van der Waals surface area contributed by atoms with Crippen molar-refractivity contribution in [2.45, 2.75) is 37.8 Å². The lowest BCUT2D eigenvalue weighted by atomic mass is 9.95. The average Bonchev–Trinajstić information content (AvgIpc) is 2.98. The van der Waals surface area contributed by atoms with E-state index in [-0.39, 0.29) is 5.82 Å². The standard InChI is InChI=1S/C15H20FNO/c16-13-3-1-2-12(8-13)15(18)9-17-14-7-10-4-5-11(14)6-10/h1-3,8,10-11,14-15,17-18H,4-7,9H2. The maximum atomic E-state index is 13.1. The molecule has 0 aromatic heterocycles. The van der Waals surface area contributed by atoms with Gasteiger partial charge < -0.3 is 10.4 Å². The topological polar surface area (TPSA) is 32.3 Å². The highest BCUT2D eigenvalue weighted by Crippen LogP contribution is 2.44. The van der Waals surface area contributed by atoms with Crippen LogP contribution in [0.1, 0.15) is 37.4 Å². The SMILES string of the molecule is OC(CNC1CC2CCC1C2)c1cccc(F)c1. The zero-order valence-electron chi connectivity index (χ0n) is 10.5. The Morgan fingerprint density at radius 1 is 1.33 bits per heavy atom. The number of hydrogen-bond donors (Lipinski definition) is 2. The Hall–Kier alpha value is -0.930. The molecule has 2 bridgehead atoms. The van der Waals surface area contributed by atoms with Gasteiger partial charge in [0.05, 0.1) is 6.10 Å². The van der Waals surface area contributed by atoms with Crippen LogP contribution >= 0.6 is 0 Å². The van der Waals surface area contributed by atoms with Gasteiger partial charge in [-0.3, -0.25) is 0 Å². The zero-order chi connectivity index (χ0) is 12.5. The number of halogens is 1. The molecule has 0 radical (unpaired) electrons. The highest BCUT2D eigenvalue weighted by molar-refractivity contribution is 5.19. The first-order valence-corrected chi connectivity index (χ1v) is 6.89. The third-order valence-corrected chi connectivity index (χ3v) is 4.54. The summed E-state index contributed by atoms with van der Waals surface area (Å²) < 4.78 is 13.1. The van der Waals surface area contributed by atoms with Crippen LogP contribution in [0.2, 0.25) is 0 Å². The van der Waals surface area contributed by atoms with E-state index in [0.29, 0.717) is 18.2 Å². The molecule has 0 saturated heterocycles. The summed E-state index contributed by atoms with van der Waals surface area (Å²) in [5.74, 6) is 1.42. The average molecular weight is 249 g/mol. The molecule has 4 atom stereocenters. The number of aliphatic hydroxyl groups excluding tert-OH is 1. The largest absolute Gasteiger partial charge is 0.387 e. The lowest BCUT2D eigenvalue weighted by Gasteiger charge is -2.24. The third-order valence-electron chi connectivity index (χ3n) is 4.54. The molecular formula is C15H20FNO. The van der Waals surface area contributed by atoms with Crippen molar-refractivity contribution in [3.8, 4) is 0 Å². The Morgan fingerprint density at radius 3 is 2.89 bits per heavy atom. The maximum absolute atomic E-state index is 13.1. The van der Waals surface area contributed by atoms with Gasteiger partial charge in [0, 0.05) is 12.6 Å². The smallest absolute Gasteiger partial charge is 0.123 e. The number of benzene rings is 1. The van der Waals surface area contributed by atoms with Crippen molar-refractivity contribution in [2.24, 2.45) is 11.8 Å². The molecule has 0 spiro atoms. The van der Waals surface area contributed by atoms with E-state index in [4.69, 9.17) is 0 Å². The monoisotopic (exact) mass is 249 g/mol. The molecular weight excluding hydrogens is 229 g/mol. The highest BCUT2D eigenvalue weighted by Gasteiger charge is 2.39. The Morgan fingerprint density at radius 2 is 2.22 bits per heavy atom. The summed E-state index contributed by atoms with van der Waals surface area (Å²) >= 11 is 0. The van der Waals surface area contributed by atoms with Gasteiger partial charge in [0.25, 0.3) is 0 Å². The third kappa shape index (κ3) is 2.43. The van der Waals surface area contributed by atoms with E-state index >= 15 is 0 Å². The van der Waals surface area contributed by atoms with Crippen LogP contribution in [0.15, 0.2) is 24.3 Å². The fourth-order valence-corrected chi connectivity index (χ4v) is 3.59. The summed E-state index contributed by atoms with van der Waals surface area (Å²) in [7, 11) is 0. The van der Waals surface area contributed by atoms with Crippen LogP contribution in [0.3, 0.4) is 0 Å². The van der Waals surface area contributed by atoms with Crippen molar-refractivity contribution in [3.63, 3.8) is 0 Å². The van der Waals surface area contributed by atoms with Crippen LogP contribution in [0, 0.1) is 17.7 Å². The number of hydrogen-bond acceptors (Lipinski definition) is 2. The van der Waals surface area contributed by atoms with Crippen molar-refractivity contribution in [1.29, 1.82) is 0 Å². The summed E-state index contributed by atoms with van der Waals surface area (Å²) in [6.07, 6.45) is 4.71. The minimum Gasteiger partial charge on any atom is -0.387 e. The van der Waals surface area contributed by atoms with Crippen LogP contribution in [0.5, 0.6) is 0 Å². The van der Waals surface area contributed by atoms with Crippen LogP contribution in [0.4, 0.5) is 4.39 Å². The van der Waals surface area contributed by atoms with Crippen LogP contribution in [-0.4, -0.2) is 17.7 Å². The van der Waals surface area contributed by atoms with E-state index in [1.165, 1.54) is 37.8 Å². The van der Waals surface area contributed by atoms with E-state index in [2.05, 4.69) is 5.32 Å². The van der Waals surface area contributed by atoms with Gasteiger partial charge in [-0.05, 0) is 48.8 Å². The fraction of sp³-hybridized carbons (Fsp3) is 0.600.